The van der Waals surface area contributed by atoms with E-state index in [1.807, 2.05) is 0 Å². The zero-order chi connectivity index (χ0) is 11.8. The predicted octanol–water partition coefficient (Wildman–Crippen LogP) is 2.49. The van der Waals surface area contributed by atoms with Gasteiger partial charge in [-0.3, -0.25) is 4.90 Å². The zero-order valence-electron chi connectivity index (χ0n) is 11.5. The molecule has 0 spiro atoms. The molecule has 3 fully saturated rings. The minimum atomic E-state index is 0.753. The summed E-state index contributed by atoms with van der Waals surface area (Å²) >= 11 is 0. The van der Waals surface area contributed by atoms with Gasteiger partial charge in [-0.1, -0.05) is 13.8 Å². The molecule has 0 aromatic carbocycles. The smallest absolute Gasteiger partial charge is 0.0249 e. The minimum absolute atomic E-state index is 0.753. The molecule has 2 saturated carbocycles. The second-order valence-electron chi connectivity index (χ2n) is 7.04. The summed E-state index contributed by atoms with van der Waals surface area (Å²) in [6.45, 7) is 8.67. The molecule has 2 nitrogen and oxygen atoms in total. The molecule has 2 heteroatoms. The van der Waals surface area contributed by atoms with Crippen molar-refractivity contribution in [2.75, 3.05) is 19.6 Å². The van der Waals surface area contributed by atoms with Gasteiger partial charge in [0.05, 0.1) is 0 Å². The van der Waals surface area contributed by atoms with E-state index in [9.17, 15) is 0 Å². The van der Waals surface area contributed by atoms with Crippen LogP contribution in [0.2, 0.25) is 0 Å². The van der Waals surface area contributed by atoms with Gasteiger partial charge in [-0.05, 0) is 49.9 Å². The highest BCUT2D eigenvalue weighted by molar-refractivity contribution is 4.96. The average Bonchev–Trinajstić information content (AvgIpc) is 3.12. The Morgan fingerprint density at radius 2 is 1.94 bits per heavy atom. The predicted molar refractivity (Wildman–Crippen MR) is 72.1 cm³/mol. The van der Waals surface area contributed by atoms with E-state index in [0.717, 1.165) is 29.8 Å². The van der Waals surface area contributed by atoms with E-state index in [1.165, 1.54) is 51.7 Å². The number of nitrogens with one attached hydrogen (secondary N) is 1. The summed E-state index contributed by atoms with van der Waals surface area (Å²) in [4.78, 5) is 2.85. The van der Waals surface area contributed by atoms with Gasteiger partial charge in [0.15, 0.2) is 0 Å². The van der Waals surface area contributed by atoms with Gasteiger partial charge >= 0.3 is 0 Å². The molecule has 1 saturated heterocycles. The van der Waals surface area contributed by atoms with Gasteiger partial charge < -0.3 is 5.32 Å². The van der Waals surface area contributed by atoms with Crippen LogP contribution in [-0.4, -0.2) is 36.6 Å². The van der Waals surface area contributed by atoms with Gasteiger partial charge in [0.25, 0.3) is 0 Å². The molecule has 17 heavy (non-hydrogen) atoms. The minimum Gasteiger partial charge on any atom is -0.311 e. The zero-order valence-corrected chi connectivity index (χ0v) is 11.5. The molecule has 0 radical (unpaired) electrons. The molecule has 1 heterocycles. The lowest BCUT2D eigenvalue weighted by Gasteiger charge is -2.41. The first kappa shape index (κ1) is 12.0. The Kier molecular flexibility index (Phi) is 3.45. The maximum absolute atomic E-state index is 3.80. The van der Waals surface area contributed by atoms with Crippen LogP contribution in [-0.2, 0) is 0 Å². The van der Waals surface area contributed by atoms with Gasteiger partial charge in [0.1, 0.15) is 0 Å². The van der Waals surface area contributed by atoms with Crippen LogP contribution in [0.4, 0.5) is 0 Å². The molecular formula is C15H28N2. The normalized spacial score (nSPS) is 35.5. The standard InChI is InChI=1S/C15H28N2/c1-11(2)7-14-10-17(9-12-3-4-12)15(8-16-14)13-5-6-13/h11-16H,3-10H2,1-2H3. The molecule has 0 bridgehead atoms. The van der Waals surface area contributed by atoms with Crippen molar-refractivity contribution < 1.29 is 0 Å². The van der Waals surface area contributed by atoms with Crippen molar-refractivity contribution in [2.45, 2.75) is 58.0 Å². The molecule has 2 unspecified atom stereocenters. The lowest BCUT2D eigenvalue weighted by Crippen LogP contribution is -2.57. The number of rotatable bonds is 5. The van der Waals surface area contributed by atoms with Crippen molar-refractivity contribution in [1.29, 1.82) is 0 Å². The van der Waals surface area contributed by atoms with Crippen LogP contribution < -0.4 is 5.32 Å². The van der Waals surface area contributed by atoms with Crippen molar-refractivity contribution in [3.8, 4) is 0 Å². The highest BCUT2D eigenvalue weighted by Crippen LogP contribution is 2.39. The van der Waals surface area contributed by atoms with Gasteiger partial charge in [0.2, 0.25) is 0 Å². The molecule has 1 N–H and O–H groups in total. The van der Waals surface area contributed by atoms with E-state index in [-0.39, 0.29) is 0 Å². The Hall–Kier alpha value is -0.0800. The monoisotopic (exact) mass is 236 g/mol. The number of hydrogen-bond acceptors (Lipinski definition) is 2. The molecule has 1 aliphatic heterocycles. The van der Waals surface area contributed by atoms with Gasteiger partial charge in [-0.25, -0.2) is 0 Å². The van der Waals surface area contributed by atoms with Crippen molar-refractivity contribution in [1.82, 2.24) is 10.2 Å². The van der Waals surface area contributed by atoms with Crippen molar-refractivity contribution >= 4 is 0 Å². The lowest BCUT2D eigenvalue weighted by molar-refractivity contribution is 0.102. The number of piperazine rings is 1. The van der Waals surface area contributed by atoms with Crippen molar-refractivity contribution in [3.63, 3.8) is 0 Å². The van der Waals surface area contributed by atoms with Crippen LogP contribution in [0.25, 0.3) is 0 Å². The Bertz CT molecular complexity index is 256. The summed E-state index contributed by atoms with van der Waals surface area (Å²) in [5.74, 6) is 2.91. The van der Waals surface area contributed by atoms with E-state index in [0.29, 0.717) is 0 Å². The number of nitrogens with zero attached hydrogens (tertiary/aromatic N) is 1. The number of hydrogen-bond donors (Lipinski definition) is 1. The summed E-state index contributed by atoms with van der Waals surface area (Å²) < 4.78 is 0. The third kappa shape index (κ3) is 3.23. The SMILES string of the molecule is CC(C)CC1CN(CC2CC2)C(C2CC2)CN1. The second kappa shape index (κ2) is 4.89. The Morgan fingerprint density at radius 1 is 1.18 bits per heavy atom. The molecule has 2 aliphatic carbocycles. The summed E-state index contributed by atoms with van der Waals surface area (Å²) in [6.07, 6.45) is 7.32. The molecule has 98 valence electrons. The van der Waals surface area contributed by atoms with Crippen molar-refractivity contribution in [2.24, 2.45) is 17.8 Å². The van der Waals surface area contributed by atoms with Crippen LogP contribution in [0.15, 0.2) is 0 Å². The lowest BCUT2D eigenvalue weighted by atomic mass is 9.98. The fourth-order valence-electron chi connectivity index (χ4n) is 3.41. The largest absolute Gasteiger partial charge is 0.311 e. The summed E-state index contributed by atoms with van der Waals surface area (Å²) in [5.41, 5.74) is 0. The Labute approximate surface area is 106 Å². The second-order valence-corrected chi connectivity index (χ2v) is 7.04. The van der Waals surface area contributed by atoms with Crippen LogP contribution in [0.3, 0.4) is 0 Å². The van der Waals surface area contributed by atoms with E-state index in [4.69, 9.17) is 0 Å². The topological polar surface area (TPSA) is 15.3 Å². The van der Waals surface area contributed by atoms with Crippen molar-refractivity contribution in [3.05, 3.63) is 0 Å². The molecule has 0 aromatic rings. The Morgan fingerprint density at radius 3 is 2.53 bits per heavy atom. The summed E-state index contributed by atoms with van der Waals surface area (Å²) in [7, 11) is 0. The van der Waals surface area contributed by atoms with Gasteiger partial charge in [0, 0.05) is 31.7 Å². The quantitative estimate of drug-likeness (QED) is 0.789. The molecule has 0 amide bonds. The highest BCUT2D eigenvalue weighted by Gasteiger charge is 2.40. The maximum Gasteiger partial charge on any atom is 0.0249 e. The Balaban J connectivity index is 1.56. The first-order valence-corrected chi connectivity index (χ1v) is 7.70. The fraction of sp³-hybridized carbons (Fsp3) is 1.00. The fourth-order valence-corrected chi connectivity index (χ4v) is 3.41. The van der Waals surface area contributed by atoms with E-state index >= 15 is 0 Å². The molecule has 3 aliphatic rings. The summed E-state index contributed by atoms with van der Waals surface area (Å²) in [5, 5.41) is 3.80. The maximum atomic E-state index is 3.80. The average molecular weight is 236 g/mol. The molecule has 3 rings (SSSR count). The molecular weight excluding hydrogens is 208 g/mol. The van der Waals surface area contributed by atoms with E-state index in [2.05, 4.69) is 24.1 Å². The third-order valence-electron chi connectivity index (χ3n) is 4.65. The van der Waals surface area contributed by atoms with E-state index < -0.39 is 0 Å². The molecule has 2 atom stereocenters. The highest BCUT2D eigenvalue weighted by atomic mass is 15.2. The van der Waals surface area contributed by atoms with Crippen LogP contribution in [0.1, 0.15) is 46.0 Å². The van der Waals surface area contributed by atoms with Crippen LogP contribution >= 0.6 is 0 Å². The molecule has 0 aromatic heterocycles. The van der Waals surface area contributed by atoms with Crippen LogP contribution in [0.5, 0.6) is 0 Å². The first-order chi connectivity index (χ1) is 8.22. The van der Waals surface area contributed by atoms with E-state index in [1.54, 1.807) is 0 Å². The van der Waals surface area contributed by atoms with Crippen LogP contribution in [0, 0.1) is 17.8 Å². The third-order valence-corrected chi connectivity index (χ3v) is 4.65. The van der Waals surface area contributed by atoms with Gasteiger partial charge in [-0.2, -0.15) is 0 Å². The summed E-state index contributed by atoms with van der Waals surface area (Å²) in [6, 6.07) is 1.63. The van der Waals surface area contributed by atoms with Gasteiger partial charge in [-0.15, -0.1) is 0 Å². The first-order valence-electron chi connectivity index (χ1n) is 7.70.